The lowest BCUT2D eigenvalue weighted by Crippen LogP contribution is -2.50. The van der Waals surface area contributed by atoms with Crippen LogP contribution in [0.25, 0.3) is 5.65 Å². The smallest absolute Gasteiger partial charge is 0.407 e. The number of nitrogens with one attached hydrogen (secondary N) is 3. The number of nitrogens with two attached hydrogens (primary N) is 1. The number of aromatic nitrogens is 3. The largest absolute Gasteiger partial charge is 0.497 e. The predicted molar refractivity (Wildman–Crippen MR) is 213 cm³/mol. The molecule has 2 atom stereocenters. The summed E-state index contributed by atoms with van der Waals surface area (Å²) in [7, 11) is 1.54. The van der Waals surface area contributed by atoms with Crippen molar-refractivity contribution >= 4 is 41.1 Å². The minimum absolute atomic E-state index is 0.0870. The Morgan fingerprint density at radius 3 is 2.05 bits per heavy atom. The number of imidazole rings is 1. The molecule has 0 spiro atoms. The normalized spacial score (nSPS) is 15.5. The number of benzene rings is 1. The number of primary amides is 1. The fourth-order valence-electron chi connectivity index (χ4n) is 5.94. The maximum Gasteiger partial charge on any atom is 0.407 e. The summed E-state index contributed by atoms with van der Waals surface area (Å²) in [5.41, 5.74) is 6.18. The Morgan fingerprint density at radius 1 is 0.845 bits per heavy atom. The number of carbonyl (C=O) groups is 3. The Kier molecular flexibility index (Phi) is 19.0. The summed E-state index contributed by atoms with van der Waals surface area (Å²) in [4.78, 5) is 45.9. The lowest BCUT2D eigenvalue weighted by Gasteiger charge is -2.34. The number of esters is 1. The van der Waals surface area contributed by atoms with Gasteiger partial charge in [-0.15, -0.1) is 0 Å². The number of amides is 2. The minimum Gasteiger partial charge on any atom is -0.497 e. The monoisotopic (exact) mass is 817 g/mol. The molecule has 0 bridgehead atoms. The number of alkyl carbamates (subject to hydrolysis) is 1. The van der Waals surface area contributed by atoms with Crippen LogP contribution in [-0.2, 0) is 38.0 Å². The number of rotatable bonds is 26. The molecule has 2 heterocycles. The van der Waals surface area contributed by atoms with Crippen molar-refractivity contribution in [2.24, 2.45) is 5.73 Å². The van der Waals surface area contributed by atoms with E-state index in [-0.39, 0.29) is 36.7 Å². The number of carbonyl (C=O) groups excluding carboxylic acids is 3. The van der Waals surface area contributed by atoms with E-state index in [9.17, 15) is 14.4 Å². The highest BCUT2D eigenvalue weighted by atomic mass is 16.6. The van der Waals surface area contributed by atoms with Gasteiger partial charge in [0, 0.05) is 42.3 Å². The number of anilines is 3. The van der Waals surface area contributed by atoms with Gasteiger partial charge in [0.2, 0.25) is 5.95 Å². The summed E-state index contributed by atoms with van der Waals surface area (Å²) in [6.45, 7) is 11.1. The van der Waals surface area contributed by atoms with Gasteiger partial charge in [0.15, 0.2) is 11.5 Å². The van der Waals surface area contributed by atoms with Crippen LogP contribution in [0.3, 0.4) is 0 Å². The number of hydrogen-bond acceptors (Lipinski definition) is 16. The summed E-state index contributed by atoms with van der Waals surface area (Å²) in [6.07, 6.45) is 6.22. The first-order valence-corrected chi connectivity index (χ1v) is 19.5. The predicted octanol–water partition coefficient (Wildman–Crippen LogP) is 3.85. The molecular weight excluding hydrogens is 758 g/mol. The third-order valence-corrected chi connectivity index (χ3v) is 8.46. The highest BCUT2D eigenvalue weighted by Crippen LogP contribution is 2.31. The van der Waals surface area contributed by atoms with Crippen molar-refractivity contribution in [3.8, 4) is 11.5 Å². The van der Waals surface area contributed by atoms with Crippen molar-refractivity contribution in [1.29, 1.82) is 0 Å². The van der Waals surface area contributed by atoms with Crippen LogP contribution in [0, 0.1) is 0 Å². The first-order chi connectivity index (χ1) is 28.0. The van der Waals surface area contributed by atoms with Crippen LogP contribution >= 0.6 is 0 Å². The number of ether oxygens (including phenoxy) is 9. The zero-order valence-corrected chi connectivity index (χ0v) is 34.2. The van der Waals surface area contributed by atoms with Gasteiger partial charge >= 0.3 is 12.1 Å². The SMILES string of the molecule is CCOC(=O)COCCOCCOCCOCCOCCOc1cc(Nc2nc(N[C@H]3CCCC[C@H]3NC(=O)OC(C)(C)C)n3ccnc3c2C(N)=O)cc(OC)c1. The minimum atomic E-state index is -0.717. The third kappa shape index (κ3) is 15.8. The summed E-state index contributed by atoms with van der Waals surface area (Å²) in [6, 6.07) is 4.82. The average molecular weight is 818 g/mol. The van der Waals surface area contributed by atoms with Crippen LogP contribution in [0.1, 0.15) is 63.7 Å². The number of hydrogen-bond donors (Lipinski definition) is 4. The molecule has 1 saturated carbocycles. The quantitative estimate of drug-likeness (QED) is 0.0667. The van der Waals surface area contributed by atoms with Crippen molar-refractivity contribution in [2.45, 2.75) is 71.1 Å². The van der Waals surface area contributed by atoms with E-state index in [1.54, 1.807) is 41.9 Å². The molecule has 0 aliphatic heterocycles. The van der Waals surface area contributed by atoms with E-state index >= 15 is 0 Å². The van der Waals surface area contributed by atoms with Crippen LogP contribution < -0.4 is 31.2 Å². The van der Waals surface area contributed by atoms with E-state index in [1.165, 1.54) is 7.11 Å². The first-order valence-electron chi connectivity index (χ1n) is 19.5. The maximum atomic E-state index is 12.8. The molecular formula is C39H59N7O12. The van der Waals surface area contributed by atoms with Gasteiger partial charge in [-0.2, -0.15) is 4.98 Å². The fraction of sp³-hybridized carbons (Fsp3) is 0.615. The van der Waals surface area contributed by atoms with E-state index in [0.29, 0.717) is 94.9 Å². The Hall–Kier alpha value is -4.95. The molecule has 322 valence electrons. The second-order valence-corrected chi connectivity index (χ2v) is 14.1. The summed E-state index contributed by atoms with van der Waals surface area (Å²) < 4.78 is 50.7. The molecule has 1 aliphatic rings. The second-order valence-electron chi connectivity index (χ2n) is 14.1. The van der Waals surface area contributed by atoms with E-state index in [1.807, 2.05) is 20.8 Å². The summed E-state index contributed by atoms with van der Waals surface area (Å²) in [5, 5.41) is 9.72. The topological polar surface area (TPSA) is 227 Å². The summed E-state index contributed by atoms with van der Waals surface area (Å²) >= 11 is 0. The maximum absolute atomic E-state index is 12.8. The van der Waals surface area contributed by atoms with E-state index in [4.69, 9.17) is 53.3 Å². The summed E-state index contributed by atoms with van der Waals surface area (Å²) in [5.74, 6) is 0.471. The van der Waals surface area contributed by atoms with Crippen LogP contribution in [-0.4, -0.2) is 136 Å². The van der Waals surface area contributed by atoms with Crippen molar-refractivity contribution in [1.82, 2.24) is 19.7 Å². The van der Waals surface area contributed by atoms with Crippen LogP contribution in [0.5, 0.6) is 11.5 Å². The molecule has 19 nitrogen and oxygen atoms in total. The third-order valence-electron chi connectivity index (χ3n) is 8.46. The van der Waals surface area contributed by atoms with Gasteiger partial charge in [-0.3, -0.25) is 9.20 Å². The van der Waals surface area contributed by atoms with Crippen molar-refractivity contribution in [3.05, 3.63) is 36.2 Å². The molecule has 3 aromatic rings. The molecule has 0 saturated heterocycles. The molecule has 5 N–H and O–H groups in total. The first kappa shape index (κ1) is 45.7. The Bertz CT molecular complexity index is 1730. The molecule has 2 amide bonds. The number of fused-ring (bicyclic) bond motifs is 1. The fourth-order valence-corrected chi connectivity index (χ4v) is 5.94. The molecule has 2 aromatic heterocycles. The lowest BCUT2D eigenvalue weighted by atomic mass is 9.90. The van der Waals surface area contributed by atoms with Crippen molar-refractivity contribution in [2.75, 3.05) is 97.0 Å². The van der Waals surface area contributed by atoms with Crippen molar-refractivity contribution < 1.29 is 57.0 Å². The van der Waals surface area contributed by atoms with Crippen LogP contribution in [0.4, 0.5) is 22.2 Å². The standard InChI is InChI=1S/C39H59N7O12/c1-6-56-32(47)26-55-20-19-53-16-15-51-13-14-52-17-18-54-21-22-57-29-24-27(23-28(25-29)50-5)42-35-33(34(40)48)36-41-11-12-46(36)37(45-35)43-30-9-7-8-10-31(30)44-38(49)58-39(2,3)4/h11-12,23-25,30-31,42H,6-10,13-22,26H2,1-5H3,(H2,40,48)(H,43,45)(H,44,49)/t30-,31+/m0/s1. The molecule has 1 aliphatic carbocycles. The van der Waals surface area contributed by atoms with Crippen molar-refractivity contribution in [3.63, 3.8) is 0 Å². The number of methoxy groups -OCH3 is 1. The lowest BCUT2D eigenvalue weighted by molar-refractivity contribution is -0.149. The highest BCUT2D eigenvalue weighted by molar-refractivity contribution is 6.04. The molecule has 58 heavy (non-hydrogen) atoms. The zero-order valence-electron chi connectivity index (χ0n) is 34.2. The molecule has 1 aromatic carbocycles. The van der Waals surface area contributed by atoms with E-state index in [0.717, 1.165) is 25.7 Å². The van der Waals surface area contributed by atoms with Gasteiger partial charge < -0.3 is 64.3 Å². The number of nitrogens with zero attached hydrogens (tertiary/aromatic N) is 3. The van der Waals surface area contributed by atoms with Crippen LogP contribution in [0.15, 0.2) is 30.6 Å². The molecule has 1 fully saturated rings. The Labute approximate surface area is 338 Å². The van der Waals surface area contributed by atoms with Gasteiger partial charge in [-0.05, 0) is 40.5 Å². The second kappa shape index (κ2) is 24.1. The molecule has 4 rings (SSSR count). The van der Waals surface area contributed by atoms with Crippen LogP contribution in [0.2, 0.25) is 0 Å². The van der Waals surface area contributed by atoms with E-state index in [2.05, 4.69) is 20.9 Å². The highest BCUT2D eigenvalue weighted by Gasteiger charge is 2.30. The molecule has 0 unspecified atom stereocenters. The van der Waals surface area contributed by atoms with Gasteiger partial charge in [-0.25, -0.2) is 14.6 Å². The average Bonchev–Trinajstić information content (AvgIpc) is 3.66. The van der Waals surface area contributed by atoms with Gasteiger partial charge in [0.05, 0.1) is 79.2 Å². The van der Waals surface area contributed by atoms with Gasteiger partial charge in [0.1, 0.15) is 35.9 Å². The molecule has 19 heteroatoms. The molecule has 0 radical (unpaired) electrons. The van der Waals surface area contributed by atoms with Gasteiger partial charge in [-0.1, -0.05) is 12.8 Å². The Balaban J connectivity index is 1.24. The Morgan fingerprint density at radius 2 is 1.45 bits per heavy atom. The van der Waals surface area contributed by atoms with Gasteiger partial charge in [0.25, 0.3) is 5.91 Å². The zero-order chi connectivity index (χ0) is 41.8. The van der Waals surface area contributed by atoms with E-state index < -0.39 is 23.6 Å².